The maximum absolute atomic E-state index is 11.6. The molecule has 4 rings (SSSR count). The first-order valence-corrected chi connectivity index (χ1v) is 9.84. The number of anilines is 1. The third-order valence-corrected chi connectivity index (χ3v) is 5.78. The summed E-state index contributed by atoms with van der Waals surface area (Å²) in [5.41, 5.74) is 7.57. The highest BCUT2D eigenvalue weighted by Crippen LogP contribution is 2.38. The van der Waals surface area contributed by atoms with Crippen LogP contribution in [-0.4, -0.2) is 21.9 Å². The van der Waals surface area contributed by atoms with Gasteiger partial charge in [0.2, 0.25) is 5.91 Å². The minimum absolute atomic E-state index is 0.425. The van der Waals surface area contributed by atoms with Gasteiger partial charge in [-0.25, -0.2) is 9.97 Å². The lowest BCUT2D eigenvalue weighted by Gasteiger charge is -2.14. The van der Waals surface area contributed by atoms with Crippen LogP contribution in [0.3, 0.4) is 0 Å². The minimum atomic E-state index is -0.534. The molecule has 3 N–H and O–H groups in total. The summed E-state index contributed by atoms with van der Waals surface area (Å²) < 4.78 is 0. The number of hydrogen-bond donors (Lipinski definition) is 2. The second-order valence-electron chi connectivity index (χ2n) is 5.84. The third-order valence-electron chi connectivity index (χ3n) is 4.04. The molecule has 3 aromatic heterocycles. The molecule has 1 aromatic carbocycles. The van der Waals surface area contributed by atoms with Crippen molar-refractivity contribution in [2.45, 2.75) is 13.0 Å². The SMILES string of the molecule is CC(Nc1nc(-c2cccs2)nc2scc(-c3ccccc3)c12)C(N)=O. The van der Waals surface area contributed by atoms with Gasteiger partial charge in [0.05, 0.1) is 10.3 Å². The molecule has 0 bridgehead atoms. The Kier molecular flexibility index (Phi) is 4.40. The smallest absolute Gasteiger partial charge is 0.239 e. The Morgan fingerprint density at radius 2 is 1.92 bits per heavy atom. The molecule has 4 aromatic rings. The normalized spacial score (nSPS) is 12.2. The Morgan fingerprint density at radius 3 is 2.62 bits per heavy atom. The number of nitrogens with two attached hydrogens (primary N) is 1. The highest BCUT2D eigenvalue weighted by molar-refractivity contribution is 7.17. The maximum Gasteiger partial charge on any atom is 0.239 e. The van der Waals surface area contributed by atoms with Gasteiger partial charge in [-0.1, -0.05) is 36.4 Å². The predicted octanol–water partition coefficient (Wildman–Crippen LogP) is 4.37. The van der Waals surface area contributed by atoms with Gasteiger partial charge >= 0.3 is 0 Å². The molecule has 26 heavy (non-hydrogen) atoms. The molecule has 7 heteroatoms. The average molecular weight is 380 g/mol. The summed E-state index contributed by atoms with van der Waals surface area (Å²) in [4.78, 5) is 22.9. The van der Waals surface area contributed by atoms with Crippen molar-refractivity contribution in [3.63, 3.8) is 0 Å². The largest absolute Gasteiger partial charge is 0.368 e. The predicted molar refractivity (Wildman–Crippen MR) is 108 cm³/mol. The first-order valence-electron chi connectivity index (χ1n) is 8.08. The summed E-state index contributed by atoms with van der Waals surface area (Å²) >= 11 is 3.15. The van der Waals surface area contributed by atoms with Gasteiger partial charge in [0, 0.05) is 10.9 Å². The quantitative estimate of drug-likeness (QED) is 0.539. The van der Waals surface area contributed by atoms with Crippen LogP contribution in [0.1, 0.15) is 6.92 Å². The molecule has 0 aliphatic heterocycles. The first-order chi connectivity index (χ1) is 12.6. The lowest BCUT2D eigenvalue weighted by molar-refractivity contribution is -0.118. The number of rotatable bonds is 5. The molecular formula is C19H16N4OS2. The van der Waals surface area contributed by atoms with Gasteiger partial charge in [-0.3, -0.25) is 4.79 Å². The molecule has 0 aliphatic carbocycles. The number of primary amides is 1. The number of nitrogens with zero attached hydrogens (tertiary/aromatic N) is 2. The van der Waals surface area contributed by atoms with Crippen LogP contribution in [0.15, 0.2) is 53.2 Å². The van der Waals surface area contributed by atoms with E-state index in [0.717, 1.165) is 26.2 Å². The van der Waals surface area contributed by atoms with Crippen molar-refractivity contribution in [2.75, 3.05) is 5.32 Å². The van der Waals surface area contributed by atoms with Crippen molar-refractivity contribution >= 4 is 44.6 Å². The van der Waals surface area contributed by atoms with Crippen LogP contribution in [-0.2, 0) is 4.79 Å². The molecule has 0 spiro atoms. The van der Waals surface area contributed by atoms with Crippen LogP contribution in [0.5, 0.6) is 0 Å². The van der Waals surface area contributed by atoms with Crippen LogP contribution in [0, 0.1) is 0 Å². The Balaban J connectivity index is 1.92. The second-order valence-corrected chi connectivity index (χ2v) is 7.64. The summed E-state index contributed by atoms with van der Waals surface area (Å²) in [7, 11) is 0. The molecule has 1 atom stereocenters. The van der Waals surface area contributed by atoms with Gasteiger partial charge in [-0.2, -0.15) is 0 Å². The van der Waals surface area contributed by atoms with Crippen molar-refractivity contribution in [1.29, 1.82) is 0 Å². The summed E-state index contributed by atoms with van der Waals surface area (Å²) in [6.07, 6.45) is 0. The molecule has 130 valence electrons. The summed E-state index contributed by atoms with van der Waals surface area (Å²) in [6.45, 7) is 1.73. The van der Waals surface area contributed by atoms with Gasteiger partial charge in [0.15, 0.2) is 5.82 Å². The van der Waals surface area contributed by atoms with Crippen LogP contribution >= 0.6 is 22.7 Å². The Hall–Kier alpha value is -2.77. The summed E-state index contributed by atoms with van der Waals surface area (Å²) in [5, 5.41) is 8.15. The van der Waals surface area contributed by atoms with E-state index in [0.29, 0.717) is 11.6 Å². The van der Waals surface area contributed by atoms with Gasteiger partial charge in [-0.05, 0) is 23.9 Å². The Bertz CT molecular complexity index is 1060. The summed E-state index contributed by atoms with van der Waals surface area (Å²) in [6, 6.07) is 13.5. The number of amides is 1. The number of fused-ring (bicyclic) bond motifs is 1. The Morgan fingerprint density at radius 1 is 1.12 bits per heavy atom. The van der Waals surface area contributed by atoms with Crippen molar-refractivity contribution < 1.29 is 4.79 Å². The van der Waals surface area contributed by atoms with E-state index >= 15 is 0 Å². The second kappa shape index (κ2) is 6.86. The van der Waals surface area contributed by atoms with Crippen molar-refractivity contribution in [3.05, 3.63) is 53.2 Å². The zero-order chi connectivity index (χ0) is 18.1. The molecule has 0 radical (unpaired) electrons. The van der Waals surface area contributed by atoms with E-state index < -0.39 is 11.9 Å². The van der Waals surface area contributed by atoms with E-state index in [1.165, 1.54) is 0 Å². The number of thiophene rings is 2. The maximum atomic E-state index is 11.6. The zero-order valence-corrected chi connectivity index (χ0v) is 15.6. The fourth-order valence-electron chi connectivity index (χ4n) is 2.67. The van der Waals surface area contributed by atoms with Crippen LogP contribution in [0.2, 0.25) is 0 Å². The number of nitrogens with one attached hydrogen (secondary N) is 1. The number of carbonyl (C=O) groups is 1. The van der Waals surface area contributed by atoms with Crippen LogP contribution < -0.4 is 11.1 Å². The van der Waals surface area contributed by atoms with E-state index in [-0.39, 0.29) is 0 Å². The molecule has 3 heterocycles. The standard InChI is InChI=1S/C19H16N4OS2/c1-11(16(20)24)21-18-15-13(12-6-3-2-4-7-12)10-26-19(15)23-17(22-18)14-8-5-9-25-14/h2-11H,1H3,(H2,20,24)(H,21,22,23). The highest BCUT2D eigenvalue weighted by atomic mass is 32.1. The van der Waals surface area contributed by atoms with Crippen LogP contribution in [0.25, 0.3) is 32.0 Å². The lowest BCUT2D eigenvalue weighted by atomic mass is 10.1. The monoisotopic (exact) mass is 380 g/mol. The fraction of sp³-hybridized carbons (Fsp3) is 0.105. The molecule has 5 nitrogen and oxygen atoms in total. The zero-order valence-electron chi connectivity index (χ0n) is 14.0. The van der Waals surface area contributed by atoms with E-state index in [2.05, 4.69) is 22.8 Å². The van der Waals surface area contributed by atoms with Gasteiger partial charge in [-0.15, -0.1) is 22.7 Å². The molecule has 0 saturated carbocycles. The van der Waals surface area contributed by atoms with Gasteiger partial charge in [0.25, 0.3) is 0 Å². The highest BCUT2D eigenvalue weighted by Gasteiger charge is 2.19. The topological polar surface area (TPSA) is 80.9 Å². The molecular weight excluding hydrogens is 364 g/mol. The fourth-order valence-corrected chi connectivity index (χ4v) is 4.27. The first kappa shape index (κ1) is 16.7. The molecule has 1 unspecified atom stereocenters. The number of aromatic nitrogens is 2. The number of benzene rings is 1. The van der Waals surface area contributed by atoms with Crippen LogP contribution in [0.4, 0.5) is 5.82 Å². The van der Waals surface area contributed by atoms with E-state index in [1.54, 1.807) is 29.6 Å². The Labute approximate surface area is 158 Å². The number of hydrogen-bond acceptors (Lipinski definition) is 6. The van der Waals surface area contributed by atoms with Gasteiger partial charge < -0.3 is 11.1 Å². The molecule has 0 saturated heterocycles. The molecule has 1 amide bonds. The van der Waals surface area contributed by atoms with E-state index in [4.69, 9.17) is 15.7 Å². The van der Waals surface area contributed by atoms with Crippen molar-refractivity contribution in [3.8, 4) is 21.8 Å². The van der Waals surface area contributed by atoms with Gasteiger partial charge in [0.1, 0.15) is 16.7 Å². The molecule has 0 aliphatic rings. The van der Waals surface area contributed by atoms with E-state index in [1.807, 2.05) is 35.7 Å². The lowest BCUT2D eigenvalue weighted by Crippen LogP contribution is -2.32. The van der Waals surface area contributed by atoms with Crippen molar-refractivity contribution in [1.82, 2.24) is 9.97 Å². The summed E-state index contributed by atoms with van der Waals surface area (Å²) in [5.74, 6) is 0.851. The van der Waals surface area contributed by atoms with E-state index in [9.17, 15) is 4.79 Å². The minimum Gasteiger partial charge on any atom is -0.368 e. The average Bonchev–Trinajstić information content (AvgIpc) is 3.32. The number of carbonyl (C=O) groups excluding carboxylic acids is 1. The van der Waals surface area contributed by atoms with Crippen molar-refractivity contribution in [2.24, 2.45) is 5.73 Å². The molecule has 0 fully saturated rings. The third kappa shape index (κ3) is 3.07.